The fraction of sp³-hybridized carbons (Fsp3) is 0.235. The summed E-state index contributed by atoms with van der Waals surface area (Å²) < 4.78 is 33.8. The third-order valence-electron chi connectivity index (χ3n) is 4.15. The lowest BCUT2D eigenvalue weighted by atomic mass is 10.0. The first-order valence-electron chi connectivity index (χ1n) is 7.90. The van der Waals surface area contributed by atoms with Crippen LogP contribution in [-0.4, -0.2) is 25.5 Å². The lowest BCUT2D eigenvalue weighted by molar-refractivity contribution is 0.0566. The Labute approximate surface area is 147 Å². The normalized spacial score (nSPS) is 13.2. The number of fused-ring (bicyclic) bond motifs is 1. The zero-order chi connectivity index (χ0) is 18.3. The van der Waals surface area contributed by atoms with Crippen LogP contribution in [-0.2, 0) is 20.2 Å². The van der Waals surface area contributed by atoms with Gasteiger partial charge in [0.1, 0.15) is 12.4 Å². The van der Waals surface area contributed by atoms with E-state index in [-0.39, 0.29) is 12.5 Å². The van der Waals surface area contributed by atoms with E-state index in [0.29, 0.717) is 33.7 Å². The topological polar surface area (TPSA) is 74.0 Å². The zero-order valence-corrected chi connectivity index (χ0v) is 13.8. The summed E-state index contributed by atoms with van der Waals surface area (Å²) in [5.74, 6) is 0.290. The fourth-order valence-electron chi connectivity index (χ4n) is 2.87. The predicted octanol–water partition coefficient (Wildman–Crippen LogP) is 2.50. The van der Waals surface area contributed by atoms with Crippen LogP contribution in [0.4, 0.5) is 8.78 Å². The van der Waals surface area contributed by atoms with Gasteiger partial charge in [0, 0.05) is 42.7 Å². The molecule has 134 valence electrons. The molecule has 0 fully saturated rings. The van der Waals surface area contributed by atoms with Crippen LogP contribution < -0.4 is 10.1 Å². The maximum Gasteiger partial charge on any atom is 0.333 e. The zero-order valence-electron chi connectivity index (χ0n) is 13.8. The molecule has 3 aromatic rings. The van der Waals surface area contributed by atoms with Crippen molar-refractivity contribution in [3.05, 3.63) is 53.6 Å². The van der Waals surface area contributed by atoms with Crippen LogP contribution in [0.15, 0.2) is 36.8 Å². The number of carbonyl (C=O) groups is 1. The van der Waals surface area contributed by atoms with Crippen LogP contribution in [0.1, 0.15) is 28.2 Å². The Hall–Kier alpha value is -3.23. The molecule has 0 saturated heterocycles. The number of nitrogens with one attached hydrogen (secondary N) is 1. The minimum atomic E-state index is -2.74. The van der Waals surface area contributed by atoms with E-state index in [9.17, 15) is 13.6 Å². The second-order valence-electron chi connectivity index (χ2n) is 5.94. The highest BCUT2D eigenvalue weighted by Gasteiger charge is 2.23. The van der Waals surface area contributed by atoms with Crippen molar-refractivity contribution in [2.24, 2.45) is 7.05 Å². The first-order valence-corrected chi connectivity index (χ1v) is 7.90. The molecule has 0 atom stereocenters. The van der Waals surface area contributed by atoms with Gasteiger partial charge in [-0.05, 0) is 23.8 Å². The third-order valence-corrected chi connectivity index (χ3v) is 4.15. The summed E-state index contributed by atoms with van der Waals surface area (Å²) in [7, 11) is 1.81. The molecule has 0 spiro atoms. The van der Waals surface area contributed by atoms with Crippen LogP contribution >= 0.6 is 0 Å². The van der Waals surface area contributed by atoms with Gasteiger partial charge >= 0.3 is 6.55 Å². The SMILES string of the molecule is Cn1ccc(COc2cc3c(cc2-c2cnn(C(F)F)c2)C(=O)NC3)n1. The van der Waals surface area contributed by atoms with Crippen molar-refractivity contribution in [3.63, 3.8) is 0 Å². The van der Waals surface area contributed by atoms with Gasteiger partial charge in [-0.3, -0.25) is 9.48 Å². The van der Waals surface area contributed by atoms with Crippen molar-refractivity contribution in [1.29, 1.82) is 0 Å². The highest BCUT2D eigenvalue weighted by Crippen LogP contribution is 2.35. The molecule has 0 bridgehead atoms. The number of rotatable bonds is 5. The predicted molar refractivity (Wildman–Crippen MR) is 87.6 cm³/mol. The van der Waals surface area contributed by atoms with Gasteiger partial charge < -0.3 is 10.1 Å². The van der Waals surface area contributed by atoms with Crippen molar-refractivity contribution >= 4 is 5.91 Å². The van der Waals surface area contributed by atoms with Gasteiger partial charge in [0.25, 0.3) is 5.91 Å². The van der Waals surface area contributed by atoms with E-state index in [1.807, 2.05) is 6.07 Å². The van der Waals surface area contributed by atoms with Crippen molar-refractivity contribution < 1.29 is 18.3 Å². The van der Waals surface area contributed by atoms with Crippen LogP contribution in [0.3, 0.4) is 0 Å². The number of benzene rings is 1. The van der Waals surface area contributed by atoms with E-state index in [2.05, 4.69) is 15.5 Å². The molecule has 7 nitrogen and oxygen atoms in total. The minimum Gasteiger partial charge on any atom is -0.487 e. The maximum atomic E-state index is 12.8. The number of alkyl halides is 2. The summed E-state index contributed by atoms with van der Waals surface area (Å²) in [5.41, 5.74) is 3.02. The van der Waals surface area contributed by atoms with Crippen LogP contribution in [0.2, 0.25) is 0 Å². The standard InChI is InChI=1S/C17H15F2N5O2/c1-23-3-2-12(22-23)9-26-15-4-10-6-20-16(25)14(10)5-13(15)11-7-21-24(8-11)17(18)19/h2-5,7-8,17H,6,9H2,1H3,(H,20,25). The number of carbonyl (C=O) groups excluding carboxylic acids is 1. The molecule has 0 saturated carbocycles. The highest BCUT2D eigenvalue weighted by molar-refractivity contribution is 6.00. The Bertz CT molecular complexity index is 979. The summed E-state index contributed by atoms with van der Waals surface area (Å²) in [5, 5.41) is 10.7. The number of aromatic nitrogens is 4. The van der Waals surface area contributed by atoms with Crippen molar-refractivity contribution in [2.45, 2.75) is 19.7 Å². The van der Waals surface area contributed by atoms with E-state index < -0.39 is 6.55 Å². The number of hydrogen-bond donors (Lipinski definition) is 1. The van der Waals surface area contributed by atoms with Gasteiger partial charge in [-0.1, -0.05) is 0 Å². The van der Waals surface area contributed by atoms with Gasteiger partial charge in [-0.25, -0.2) is 4.68 Å². The molecule has 1 aromatic carbocycles. The maximum absolute atomic E-state index is 12.8. The molecule has 1 aliphatic heterocycles. The molecule has 1 aliphatic rings. The Morgan fingerprint density at radius 3 is 2.88 bits per heavy atom. The van der Waals surface area contributed by atoms with Crippen LogP contribution in [0.25, 0.3) is 11.1 Å². The van der Waals surface area contributed by atoms with E-state index in [4.69, 9.17) is 4.74 Å². The first kappa shape index (κ1) is 16.2. The van der Waals surface area contributed by atoms with Crippen molar-refractivity contribution in [1.82, 2.24) is 24.9 Å². The molecule has 9 heteroatoms. The molecule has 0 unspecified atom stereocenters. The van der Waals surface area contributed by atoms with Crippen molar-refractivity contribution in [3.8, 4) is 16.9 Å². The Morgan fingerprint density at radius 1 is 1.35 bits per heavy atom. The number of nitrogens with zero attached hydrogens (tertiary/aromatic N) is 4. The van der Waals surface area contributed by atoms with Gasteiger partial charge in [0.2, 0.25) is 0 Å². The summed E-state index contributed by atoms with van der Waals surface area (Å²) in [6.07, 6.45) is 4.36. The number of halogens is 2. The lowest BCUT2D eigenvalue weighted by Gasteiger charge is -2.12. The summed E-state index contributed by atoms with van der Waals surface area (Å²) in [4.78, 5) is 12.0. The van der Waals surface area contributed by atoms with E-state index >= 15 is 0 Å². The Kier molecular flexibility index (Phi) is 3.90. The molecule has 26 heavy (non-hydrogen) atoms. The van der Waals surface area contributed by atoms with Gasteiger partial charge in [0.15, 0.2) is 0 Å². The molecule has 0 aliphatic carbocycles. The second kappa shape index (κ2) is 6.25. The van der Waals surface area contributed by atoms with Crippen LogP contribution in [0, 0.1) is 0 Å². The fourth-order valence-corrected chi connectivity index (χ4v) is 2.87. The summed E-state index contributed by atoms with van der Waals surface area (Å²) in [6.45, 7) is -2.11. The van der Waals surface area contributed by atoms with Gasteiger partial charge in [-0.2, -0.15) is 19.0 Å². The van der Waals surface area contributed by atoms with E-state index in [1.54, 1.807) is 30.1 Å². The average molecular weight is 359 g/mol. The summed E-state index contributed by atoms with van der Waals surface area (Å²) >= 11 is 0. The number of amides is 1. The molecular formula is C17H15F2N5O2. The Balaban J connectivity index is 1.72. The molecule has 1 N–H and O–H groups in total. The molecular weight excluding hydrogens is 344 g/mol. The van der Waals surface area contributed by atoms with E-state index in [0.717, 1.165) is 11.3 Å². The van der Waals surface area contributed by atoms with E-state index in [1.165, 1.54) is 12.4 Å². The second-order valence-corrected chi connectivity index (χ2v) is 5.94. The molecule has 0 radical (unpaired) electrons. The average Bonchev–Trinajstić information content (AvgIpc) is 3.33. The molecule has 3 heterocycles. The quantitative estimate of drug-likeness (QED) is 0.760. The lowest BCUT2D eigenvalue weighted by Crippen LogP contribution is -2.12. The highest BCUT2D eigenvalue weighted by atomic mass is 19.3. The number of ether oxygens (including phenoxy) is 1. The monoisotopic (exact) mass is 359 g/mol. The van der Waals surface area contributed by atoms with Crippen LogP contribution in [0.5, 0.6) is 5.75 Å². The first-order chi connectivity index (χ1) is 12.5. The third kappa shape index (κ3) is 2.92. The smallest absolute Gasteiger partial charge is 0.333 e. The molecule has 1 amide bonds. The minimum absolute atomic E-state index is 0.196. The van der Waals surface area contributed by atoms with Crippen molar-refractivity contribution in [2.75, 3.05) is 0 Å². The molecule has 4 rings (SSSR count). The number of hydrogen-bond acceptors (Lipinski definition) is 4. The molecule has 2 aromatic heterocycles. The summed E-state index contributed by atoms with van der Waals surface area (Å²) in [6, 6.07) is 5.23. The van der Waals surface area contributed by atoms with Gasteiger partial charge in [0.05, 0.1) is 11.9 Å². The Morgan fingerprint density at radius 2 is 2.19 bits per heavy atom. The number of aryl methyl sites for hydroxylation is 1. The van der Waals surface area contributed by atoms with Gasteiger partial charge in [-0.15, -0.1) is 0 Å². The largest absolute Gasteiger partial charge is 0.487 e.